The molecule has 0 bridgehead atoms. The first-order chi connectivity index (χ1) is 19.8. The Kier molecular flexibility index (Phi) is 10.1. The van der Waals surface area contributed by atoms with Gasteiger partial charge in [0.2, 0.25) is 0 Å². The third-order valence-electron chi connectivity index (χ3n) is 6.99. The normalized spacial score (nSPS) is 25.4. The van der Waals surface area contributed by atoms with Crippen LogP contribution in [0.2, 0.25) is 0 Å². The maximum Gasteiger partial charge on any atom is 0.416 e. The van der Waals surface area contributed by atoms with Gasteiger partial charge in [-0.05, 0) is 57.7 Å². The quantitative estimate of drug-likeness (QED) is 0.187. The number of anilines is 3. The smallest absolute Gasteiger partial charge is 0.416 e. The van der Waals surface area contributed by atoms with Gasteiger partial charge in [0.15, 0.2) is 28.4 Å². The van der Waals surface area contributed by atoms with Gasteiger partial charge in [0.25, 0.3) is 0 Å². The summed E-state index contributed by atoms with van der Waals surface area (Å²) in [6.45, 7) is 6.95. The van der Waals surface area contributed by atoms with Crippen LogP contribution >= 0.6 is 11.8 Å². The Morgan fingerprint density at radius 1 is 1.19 bits per heavy atom. The minimum Gasteiger partial charge on any atom is -0.443 e. The number of hydrogen-bond donors (Lipinski definition) is 5. The number of nitrogens with zero attached hydrogens (tertiary/aromatic N) is 3. The van der Waals surface area contributed by atoms with E-state index in [4.69, 9.17) is 20.3 Å². The highest BCUT2D eigenvalue weighted by molar-refractivity contribution is 7.99. The molecule has 232 valence electrons. The average Bonchev–Trinajstić information content (AvgIpc) is 3.66. The number of carbonyl (C=O) groups is 1. The lowest BCUT2D eigenvalue weighted by atomic mass is 10.1. The molecule has 2 saturated carbocycles. The molecule has 1 heterocycles. The number of rotatable bonds is 11. The van der Waals surface area contributed by atoms with Crippen molar-refractivity contribution in [1.29, 1.82) is 0 Å². The van der Waals surface area contributed by atoms with Crippen LogP contribution < -0.4 is 16.0 Å². The summed E-state index contributed by atoms with van der Waals surface area (Å²) in [6, 6.07) is 2.44. The van der Waals surface area contributed by atoms with Crippen LogP contribution in [0, 0.1) is 11.6 Å². The van der Waals surface area contributed by atoms with Crippen molar-refractivity contribution in [3.8, 4) is 0 Å². The number of halogens is 2. The molecule has 0 aliphatic heterocycles. The predicted molar refractivity (Wildman–Crippen MR) is 155 cm³/mol. The standard InChI is InChI=1S/C28H39F2N5O6S/c1-5-10-42-26-33-24(32-18-13-20(40-9-8-36)23(38)22(18)37)21(31)25(34-26)35(27(39)41-28(2,3)4)19-12-15(19)14-6-7-16(29)17(30)11-14/h6-7,11,15,18-20,22-23,36-38H,5,8-10,12-13,31H2,1-4H3,(H,32,33,34)/t15-,18+,19+,20-,22-,23+/m0/s1. The van der Waals surface area contributed by atoms with Crippen LogP contribution in [0.25, 0.3) is 0 Å². The van der Waals surface area contributed by atoms with Crippen molar-refractivity contribution in [2.45, 2.75) is 94.0 Å². The first-order valence-electron chi connectivity index (χ1n) is 14.0. The number of thioether (sulfide) groups is 1. The maximum absolute atomic E-state index is 14.0. The molecule has 2 aliphatic rings. The molecule has 0 radical (unpaired) electrons. The lowest BCUT2D eigenvalue weighted by Crippen LogP contribution is -2.40. The van der Waals surface area contributed by atoms with Crippen molar-refractivity contribution in [3.63, 3.8) is 0 Å². The third-order valence-corrected chi connectivity index (χ3v) is 8.05. The van der Waals surface area contributed by atoms with E-state index in [1.807, 2.05) is 6.92 Å². The van der Waals surface area contributed by atoms with E-state index < -0.39 is 53.7 Å². The fraction of sp³-hybridized carbons (Fsp3) is 0.607. The van der Waals surface area contributed by atoms with E-state index in [0.29, 0.717) is 22.9 Å². The number of aliphatic hydroxyl groups is 3. The van der Waals surface area contributed by atoms with Crippen LogP contribution in [0.15, 0.2) is 23.4 Å². The highest BCUT2D eigenvalue weighted by Crippen LogP contribution is 2.48. The molecule has 6 N–H and O–H groups in total. The molecule has 4 rings (SSSR count). The summed E-state index contributed by atoms with van der Waals surface area (Å²) in [5.74, 6) is -1.35. The number of hydrogen-bond acceptors (Lipinski definition) is 11. The topological polar surface area (TPSA) is 163 Å². The van der Waals surface area contributed by atoms with Gasteiger partial charge in [-0.25, -0.2) is 23.5 Å². The average molecular weight is 612 g/mol. The first-order valence-corrected chi connectivity index (χ1v) is 15.0. The van der Waals surface area contributed by atoms with Crippen LogP contribution in [0.1, 0.15) is 58.4 Å². The number of nitrogens with one attached hydrogen (secondary N) is 1. The molecule has 2 fully saturated rings. The zero-order valence-electron chi connectivity index (χ0n) is 24.1. The maximum atomic E-state index is 14.0. The molecular weight excluding hydrogens is 572 g/mol. The molecule has 1 aromatic heterocycles. The Hall–Kier alpha value is -2.78. The number of nitrogens with two attached hydrogens (primary N) is 1. The van der Waals surface area contributed by atoms with Crippen LogP contribution in [0.5, 0.6) is 0 Å². The number of carbonyl (C=O) groups excluding carboxylic acids is 1. The second kappa shape index (κ2) is 13.2. The fourth-order valence-electron chi connectivity index (χ4n) is 4.93. The van der Waals surface area contributed by atoms with Crippen molar-refractivity contribution in [1.82, 2.24) is 9.97 Å². The SMILES string of the molecule is CCCSc1nc(N[C@@H]2C[C@H](OCCO)[C@@H](O)[C@H]2O)c(N)c(N(C(=O)OC(C)(C)C)[C@@H]2C[C@H]2c2ccc(F)c(F)c2)n1. The number of amides is 1. The van der Waals surface area contributed by atoms with E-state index in [1.165, 1.54) is 22.7 Å². The van der Waals surface area contributed by atoms with Crippen LogP contribution in [-0.2, 0) is 9.47 Å². The Morgan fingerprint density at radius 2 is 1.93 bits per heavy atom. The van der Waals surface area contributed by atoms with Crippen molar-refractivity contribution in [2.24, 2.45) is 0 Å². The zero-order chi connectivity index (χ0) is 30.8. The predicted octanol–water partition coefficient (Wildman–Crippen LogP) is 3.42. The van der Waals surface area contributed by atoms with Gasteiger partial charge in [0, 0.05) is 17.7 Å². The monoisotopic (exact) mass is 611 g/mol. The summed E-state index contributed by atoms with van der Waals surface area (Å²) >= 11 is 1.35. The summed E-state index contributed by atoms with van der Waals surface area (Å²) in [6.07, 6.45) is -2.39. The van der Waals surface area contributed by atoms with E-state index in [2.05, 4.69) is 15.3 Å². The Balaban J connectivity index is 1.71. The Bertz CT molecular complexity index is 1270. The summed E-state index contributed by atoms with van der Waals surface area (Å²) in [5.41, 5.74) is 6.27. The minimum atomic E-state index is -1.22. The van der Waals surface area contributed by atoms with Crippen molar-refractivity contribution < 1.29 is 38.4 Å². The molecule has 0 saturated heterocycles. The van der Waals surface area contributed by atoms with Gasteiger partial charge in [-0.1, -0.05) is 24.8 Å². The molecule has 2 aromatic rings. The van der Waals surface area contributed by atoms with E-state index in [-0.39, 0.29) is 42.9 Å². The second-order valence-electron chi connectivity index (χ2n) is 11.5. The van der Waals surface area contributed by atoms with Gasteiger partial charge in [-0.3, -0.25) is 4.90 Å². The largest absolute Gasteiger partial charge is 0.443 e. The van der Waals surface area contributed by atoms with Gasteiger partial charge in [0.1, 0.15) is 23.5 Å². The molecule has 0 unspecified atom stereocenters. The zero-order valence-corrected chi connectivity index (χ0v) is 24.9. The summed E-state index contributed by atoms with van der Waals surface area (Å²) < 4.78 is 38.8. The Labute approximate surface area is 247 Å². The molecule has 11 nitrogen and oxygen atoms in total. The lowest BCUT2D eigenvalue weighted by molar-refractivity contribution is -0.0612. The van der Waals surface area contributed by atoms with Crippen molar-refractivity contribution in [3.05, 3.63) is 35.4 Å². The minimum absolute atomic E-state index is 0.00409. The summed E-state index contributed by atoms with van der Waals surface area (Å²) in [7, 11) is 0. The third kappa shape index (κ3) is 7.40. The van der Waals surface area contributed by atoms with E-state index in [0.717, 1.165) is 18.6 Å². The van der Waals surface area contributed by atoms with Gasteiger partial charge >= 0.3 is 6.09 Å². The number of aliphatic hydroxyl groups excluding tert-OH is 3. The Morgan fingerprint density at radius 3 is 2.57 bits per heavy atom. The summed E-state index contributed by atoms with van der Waals surface area (Å²) in [4.78, 5) is 24.1. The van der Waals surface area contributed by atoms with E-state index >= 15 is 0 Å². The number of ether oxygens (including phenoxy) is 2. The van der Waals surface area contributed by atoms with Crippen LogP contribution in [0.3, 0.4) is 0 Å². The van der Waals surface area contributed by atoms with E-state index in [1.54, 1.807) is 20.8 Å². The molecule has 42 heavy (non-hydrogen) atoms. The fourth-order valence-corrected chi connectivity index (χ4v) is 5.62. The first kappa shape index (κ1) is 32.1. The van der Waals surface area contributed by atoms with Crippen molar-refractivity contribution in [2.75, 3.05) is 34.9 Å². The molecule has 6 atom stereocenters. The van der Waals surface area contributed by atoms with Crippen molar-refractivity contribution >= 4 is 35.2 Å². The van der Waals surface area contributed by atoms with Gasteiger partial charge in [0.05, 0.1) is 25.4 Å². The van der Waals surface area contributed by atoms with Gasteiger partial charge in [-0.15, -0.1) is 0 Å². The number of aromatic nitrogens is 2. The number of benzene rings is 1. The highest BCUT2D eigenvalue weighted by Gasteiger charge is 2.49. The van der Waals surface area contributed by atoms with Gasteiger partial charge in [-0.2, -0.15) is 0 Å². The van der Waals surface area contributed by atoms with Crippen LogP contribution in [0.4, 0.5) is 30.9 Å². The molecule has 14 heteroatoms. The van der Waals surface area contributed by atoms with Gasteiger partial charge < -0.3 is 35.8 Å². The highest BCUT2D eigenvalue weighted by atomic mass is 32.2. The van der Waals surface area contributed by atoms with Crippen LogP contribution in [-0.4, -0.2) is 86.3 Å². The molecule has 0 spiro atoms. The summed E-state index contributed by atoms with van der Waals surface area (Å²) in [5, 5.41) is 33.7. The number of nitrogen functional groups attached to an aromatic ring is 1. The van der Waals surface area contributed by atoms with E-state index in [9.17, 15) is 23.8 Å². The lowest BCUT2D eigenvalue weighted by Gasteiger charge is -2.29. The molecule has 1 amide bonds. The second-order valence-corrected chi connectivity index (χ2v) is 12.5. The molecular formula is C28H39F2N5O6S. The molecule has 1 aromatic carbocycles. The molecule has 2 aliphatic carbocycles.